The predicted molar refractivity (Wildman–Crippen MR) is 83.9 cm³/mol. The minimum atomic E-state index is -1.15. The van der Waals surface area contributed by atoms with E-state index < -0.39 is 24.6 Å². The van der Waals surface area contributed by atoms with Crippen molar-refractivity contribution < 1.29 is 24.2 Å². The summed E-state index contributed by atoms with van der Waals surface area (Å²) in [6.07, 6.45) is -1.17. The lowest BCUT2D eigenvalue weighted by Gasteiger charge is -2.15. The molecule has 1 atom stereocenters. The standard InChI is InChI=1S/C14H17Cl2NO5/c1-7(2)22-12-5-11(9(15)4-10(12)16)17-13(18)6-21-8(3)14(19)20/h4-5,7-8H,6H2,1-3H3,(H,17,18)(H,19,20). The van der Waals surface area contributed by atoms with Crippen LogP contribution < -0.4 is 10.1 Å². The van der Waals surface area contributed by atoms with E-state index in [2.05, 4.69) is 5.32 Å². The molecule has 1 aromatic rings. The maximum absolute atomic E-state index is 11.7. The third-order valence-electron chi connectivity index (χ3n) is 2.47. The number of nitrogens with one attached hydrogen (secondary N) is 1. The molecule has 0 saturated heterocycles. The number of hydrogen-bond acceptors (Lipinski definition) is 4. The van der Waals surface area contributed by atoms with Crippen molar-refractivity contribution in [3.8, 4) is 5.75 Å². The first kappa shape index (κ1) is 18.5. The second kappa shape index (κ2) is 8.22. The second-order valence-corrected chi connectivity index (χ2v) is 5.58. The molecule has 0 bridgehead atoms. The van der Waals surface area contributed by atoms with Crippen LogP contribution in [0.25, 0.3) is 0 Å². The summed E-state index contributed by atoms with van der Waals surface area (Å²) in [5.41, 5.74) is 0.304. The minimum Gasteiger partial charge on any atom is -0.489 e. The second-order valence-electron chi connectivity index (χ2n) is 4.77. The van der Waals surface area contributed by atoms with Crippen LogP contribution in [0.2, 0.25) is 10.0 Å². The van der Waals surface area contributed by atoms with E-state index in [-0.39, 0.29) is 11.1 Å². The van der Waals surface area contributed by atoms with Gasteiger partial charge in [0.2, 0.25) is 5.91 Å². The number of carbonyl (C=O) groups excluding carboxylic acids is 1. The first-order valence-electron chi connectivity index (χ1n) is 6.50. The molecule has 22 heavy (non-hydrogen) atoms. The molecule has 0 aliphatic carbocycles. The van der Waals surface area contributed by atoms with Gasteiger partial charge in [0.15, 0.2) is 6.10 Å². The van der Waals surface area contributed by atoms with E-state index >= 15 is 0 Å². The maximum atomic E-state index is 11.7. The van der Waals surface area contributed by atoms with E-state index in [1.807, 2.05) is 13.8 Å². The van der Waals surface area contributed by atoms with Gasteiger partial charge in [-0.3, -0.25) is 4.79 Å². The highest BCUT2D eigenvalue weighted by atomic mass is 35.5. The van der Waals surface area contributed by atoms with E-state index in [1.54, 1.807) is 0 Å². The van der Waals surface area contributed by atoms with Crippen molar-refractivity contribution in [1.29, 1.82) is 0 Å². The fraction of sp³-hybridized carbons (Fsp3) is 0.429. The number of amides is 1. The van der Waals surface area contributed by atoms with Crippen LogP contribution in [0.5, 0.6) is 5.75 Å². The molecule has 0 aliphatic rings. The highest BCUT2D eigenvalue weighted by molar-refractivity contribution is 6.37. The summed E-state index contributed by atoms with van der Waals surface area (Å²) in [7, 11) is 0. The number of anilines is 1. The Kier molecular flexibility index (Phi) is 6.93. The van der Waals surface area contributed by atoms with Crippen molar-refractivity contribution in [2.24, 2.45) is 0 Å². The zero-order chi connectivity index (χ0) is 16.9. The first-order chi connectivity index (χ1) is 10.2. The number of rotatable bonds is 7. The highest BCUT2D eigenvalue weighted by Gasteiger charge is 2.15. The monoisotopic (exact) mass is 349 g/mol. The third kappa shape index (κ3) is 5.71. The Morgan fingerprint density at radius 1 is 1.23 bits per heavy atom. The van der Waals surface area contributed by atoms with E-state index in [9.17, 15) is 9.59 Å². The van der Waals surface area contributed by atoms with Gasteiger partial charge in [-0.2, -0.15) is 0 Å². The average molecular weight is 350 g/mol. The Balaban J connectivity index is 2.75. The zero-order valence-electron chi connectivity index (χ0n) is 12.4. The number of halogens is 2. The van der Waals surface area contributed by atoms with Gasteiger partial charge in [-0.25, -0.2) is 4.79 Å². The molecule has 0 spiro atoms. The molecular weight excluding hydrogens is 333 g/mol. The van der Waals surface area contributed by atoms with Gasteiger partial charge in [-0.15, -0.1) is 0 Å². The molecule has 122 valence electrons. The predicted octanol–water partition coefficient (Wildman–Crippen LogP) is 3.21. The molecule has 0 fully saturated rings. The van der Waals surface area contributed by atoms with Crippen molar-refractivity contribution in [3.63, 3.8) is 0 Å². The van der Waals surface area contributed by atoms with Crippen LogP contribution >= 0.6 is 23.2 Å². The van der Waals surface area contributed by atoms with E-state index in [1.165, 1.54) is 19.1 Å². The number of ether oxygens (including phenoxy) is 2. The Morgan fingerprint density at radius 3 is 2.41 bits per heavy atom. The van der Waals surface area contributed by atoms with Gasteiger partial charge in [0.25, 0.3) is 0 Å². The number of aliphatic carboxylic acids is 1. The van der Waals surface area contributed by atoms with Gasteiger partial charge < -0.3 is 19.9 Å². The average Bonchev–Trinajstić information content (AvgIpc) is 2.40. The number of carbonyl (C=O) groups is 2. The zero-order valence-corrected chi connectivity index (χ0v) is 13.9. The molecule has 2 N–H and O–H groups in total. The molecule has 0 saturated carbocycles. The van der Waals surface area contributed by atoms with E-state index in [4.69, 9.17) is 37.8 Å². The van der Waals surface area contributed by atoms with E-state index in [0.29, 0.717) is 16.5 Å². The molecule has 1 aromatic carbocycles. The molecule has 1 unspecified atom stereocenters. The molecule has 1 amide bonds. The minimum absolute atomic E-state index is 0.0954. The van der Waals surface area contributed by atoms with Crippen molar-refractivity contribution >= 4 is 40.8 Å². The number of benzene rings is 1. The smallest absolute Gasteiger partial charge is 0.332 e. The van der Waals surface area contributed by atoms with Gasteiger partial charge in [-0.1, -0.05) is 23.2 Å². The van der Waals surface area contributed by atoms with Gasteiger partial charge >= 0.3 is 5.97 Å². The topological polar surface area (TPSA) is 84.9 Å². The summed E-state index contributed by atoms with van der Waals surface area (Å²) in [6, 6.07) is 2.96. The highest BCUT2D eigenvalue weighted by Crippen LogP contribution is 2.34. The molecule has 0 aromatic heterocycles. The van der Waals surface area contributed by atoms with Gasteiger partial charge in [0.1, 0.15) is 12.4 Å². The Hall–Kier alpha value is -1.50. The van der Waals surface area contributed by atoms with Crippen LogP contribution in [-0.4, -0.2) is 35.8 Å². The lowest BCUT2D eigenvalue weighted by molar-refractivity contribution is -0.150. The molecule has 6 nitrogen and oxygen atoms in total. The first-order valence-corrected chi connectivity index (χ1v) is 7.26. The van der Waals surface area contributed by atoms with Crippen molar-refractivity contribution in [2.75, 3.05) is 11.9 Å². The summed E-state index contributed by atoms with van der Waals surface area (Å²) in [5.74, 6) is -1.30. The van der Waals surface area contributed by atoms with Gasteiger partial charge in [-0.05, 0) is 26.8 Å². The van der Waals surface area contributed by atoms with Crippen LogP contribution in [0.1, 0.15) is 20.8 Å². The number of hydrogen-bond donors (Lipinski definition) is 2. The summed E-state index contributed by atoms with van der Waals surface area (Å²) < 4.78 is 10.4. The van der Waals surface area contributed by atoms with Crippen molar-refractivity contribution in [1.82, 2.24) is 0 Å². The Morgan fingerprint density at radius 2 is 1.86 bits per heavy atom. The quantitative estimate of drug-likeness (QED) is 0.789. The Bertz CT molecular complexity index is 562. The van der Waals surface area contributed by atoms with Gasteiger partial charge in [0.05, 0.1) is 21.8 Å². The molecule has 1 rings (SSSR count). The van der Waals surface area contributed by atoms with Gasteiger partial charge in [0, 0.05) is 6.07 Å². The third-order valence-corrected chi connectivity index (χ3v) is 3.08. The summed E-state index contributed by atoms with van der Waals surface area (Å²) >= 11 is 12.0. The fourth-order valence-corrected chi connectivity index (χ4v) is 1.90. The van der Waals surface area contributed by atoms with Crippen LogP contribution in [0.4, 0.5) is 5.69 Å². The van der Waals surface area contributed by atoms with Crippen LogP contribution in [0, 0.1) is 0 Å². The molecule has 0 radical (unpaired) electrons. The molecule has 0 heterocycles. The Labute approximate surface area is 138 Å². The maximum Gasteiger partial charge on any atom is 0.332 e. The molecule has 8 heteroatoms. The fourth-order valence-electron chi connectivity index (χ4n) is 1.43. The largest absolute Gasteiger partial charge is 0.489 e. The summed E-state index contributed by atoms with van der Waals surface area (Å²) in [6.45, 7) is 4.60. The normalized spacial score (nSPS) is 12.1. The number of carboxylic acid groups (broad SMARTS) is 1. The van der Waals surface area contributed by atoms with Crippen LogP contribution in [-0.2, 0) is 14.3 Å². The van der Waals surface area contributed by atoms with Crippen LogP contribution in [0.15, 0.2) is 12.1 Å². The summed E-state index contributed by atoms with van der Waals surface area (Å²) in [4.78, 5) is 22.3. The lowest BCUT2D eigenvalue weighted by Crippen LogP contribution is -2.26. The van der Waals surface area contributed by atoms with Crippen LogP contribution in [0.3, 0.4) is 0 Å². The van der Waals surface area contributed by atoms with E-state index in [0.717, 1.165) is 0 Å². The summed E-state index contributed by atoms with van der Waals surface area (Å²) in [5, 5.41) is 11.8. The van der Waals surface area contributed by atoms with Crippen molar-refractivity contribution in [3.05, 3.63) is 22.2 Å². The number of carboxylic acids is 1. The lowest BCUT2D eigenvalue weighted by atomic mass is 10.3. The molecular formula is C14H17Cl2NO5. The van der Waals surface area contributed by atoms with Crippen molar-refractivity contribution in [2.45, 2.75) is 33.0 Å². The molecule has 0 aliphatic heterocycles. The SMILES string of the molecule is CC(C)Oc1cc(NC(=O)COC(C)C(=O)O)c(Cl)cc1Cl.